The highest BCUT2D eigenvalue weighted by Crippen LogP contribution is 2.49. The second-order valence-electron chi connectivity index (χ2n) is 10.4. The standard InChI is InChI=1S/C32H29FN2O6/c1-19(36)18-40-28-17-26-24(16-25(28)31(34)39)27(10-13-35-26)41-23-8-4-21(5-9-23)15-30(38)32(11-12-32)29(37)14-20-2-6-22(33)7-3-20/h2-10,13,16-17,19,36H,11-12,14-15,18H2,1H3,(H2,34,39). The molecule has 0 radical (unpaired) electrons. The molecular weight excluding hydrogens is 527 g/mol. The summed E-state index contributed by atoms with van der Waals surface area (Å²) in [6.07, 6.45) is 2.10. The average Bonchev–Trinajstić information content (AvgIpc) is 3.76. The van der Waals surface area contributed by atoms with Gasteiger partial charge in [-0.05, 0) is 67.3 Å². The number of primary amides is 1. The Morgan fingerprint density at radius 2 is 1.56 bits per heavy atom. The lowest BCUT2D eigenvalue weighted by atomic mass is 9.88. The second kappa shape index (κ2) is 11.5. The summed E-state index contributed by atoms with van der Waals surface area (Å²) in [5.74, 6) is -0.163. The van der Waals surface area contributed by atoms with Gasteiger partial charge in [0.2, 0.25) is 0 Å². The smallest absolute Gasteiger partial charge is 0.252 e. The summed E-state index contributed by atoms with van der Waals surface area (Å²) in [6, 6.07) is 17.5. The Kier molecular flexibility index (Phi) is 7.81. The maximum absolute atomic E-state index is 13.2. The molecule has 1 aliphatic carbocycles. The molecule has 3 N–H and O–H groups in total. The van der Waals surface area contributed by atoms with E-state index in [4.69, 9.17) is 15.2 Å². The third kappa shape index (κ3) is 6.25. The van der Waals surface area contributed by atoms with E-state index in [0.717, 1.165) is 5.56 Å². The van der Waals surface area contributed by atoms with Crippen molar-refractivity contribution >= 4 is 28.4 Å². The molecule has 4 aromatic rings. The van der Waals surface area contributed by atoms with E-state index in [1.54, 1.807) is 67.7 Å². The van der Waals surface area contributed by atoms with E-state index in [1.807, 2.05) is 0 Å². The van der Waals surface area contributed by atoms with Crippen molar-refractivity contribution in [3.63, 3.8) is 0 Å². The van der Waals surface area contributed by atoms with E-state index in [9.17, 15) is 23.9 Å². The molecule has 1 aliphatic rings. The summed E-state index contributed by atoms with van der Waals surface area (Å²) in [7, 11) is 0. The van der Waals surface area contributed by atoms with Crippen LogP contribution in [0.3, 0.4) is 0 Å². The number of aromatic nitrogens is 1. The molecule has 210 valence electrons. The summed E-state index contributed by atoms with van der Waals surface area (Å²) in [4.78, 5) is 42.5. The van der Waals surface area contributed by atoms with Gasteiger partial charge in [-0.1, -0.05) is 24.3 Å². The first-order valence-electron chi connectivity index (χ1n) is 13.3. The lowest BCUT2D eigenvalue weighted by Crippen LogP contribution is -2.28. The van der Waals surface area contributed by atoms with Crippen LogP contribution in [0.4, 0.5) is 4.39 Å². The number of pyridine rings is 1. The molecule has 0 saturated heterocycles. The number of nitrogens with two attached hydrogens (primary N) is 1. The predicted molar refractivity (Wildman–Crippen MR) is 149 cm³/mol. The largest absolute Gasteiger partial charge is 0.490 e. The molecule has 9 heteroatoms. The Balaban J connectivity index is 1.28. The van der Waals surface area contributed by atoms with Crippen molar-refractivity contribution in [2.24, 2.45) is 11.1 Å². The fourth-order valence-electron chi connectivity index (χ4n) is 4.71. The zero-order valence-corrected chi connectivity index (χ0v) is 22.4. The van der Waals surface area contributed by atoms with Crippen LogP contribution in [-0.4, -0.2) is 40.3 Å². The van der Waals surface area contributed by atoms with Gasteiger partial charge in [-0.2, -0.15) is 0 Å². The number of rotatable bonds is 12. The van der Waals surface area contributed by atoms with Gasteiger partial charge in [-0.3, -0.25) is 19.4 Å². The lowest BCUT2D eigenvalue weighted by molar-refractivity contribution is -0.133. The first kappa shape index (κ1) is 27.9. The molecule has 8 nitrogen and oxygen atoms in total. The molecule has 0 spiro atoms. The molecule has 3 aromatic carbocycles. The third-order valence-corrected chi connectivity index (χ3v) is 7.16. The van der Waals surface area contributed by atoms with Crippen molar-refractivity contribution in [1.82, 2.24) is 4.98 Å². The molecule has 1 aromatic heterocycles. The third-order valence-electron chi connectivity index (χ3n) is 7.16. The molecule has 1 unspecified atom stereocenters. The molecule has 5 rings (SSSR count). The van der Waals surface area contributed by atoms with Crippen LogP contribution in [-0.2, 0) is 22.4 Å². The van der Waals surface area contributed by atoms with E-state index in [2.05, 4.69) is 4.98 Å². The summed E-state index contributed by atoms with van der Waals surface area (Å²) in [5, 5.41) is 10.1. The first-order valence-corrected chi connectivity index (χ1v) is 13.3. The number of carbonyl (C=O) groups is 3. The molecule has 0 aliphatic heterocycles. The lowest BCUT2D eigenvalue weighted by Gasteiger charge is -2.15. The average molecular weight is 557 g/mol. The fourth-order valence-corrected chi connectivity index (χ4v) is 4.71. The number of aliphatic hydroxyl groups excluding tert-OH is 1. The topological polar surface area (TPSA) is 129 Å². The predicted octanol–water partition coefficient (Wildman–Crippen LogP) is 4.73. The van der Waals surface area contributed by atoms with Gasteiger partial charge in [0, 0.05) is 30.5 Å². The van der Waals surface area contributed by atoms with E-state index in [-0.39, 0.29) is 48.1 Å². The number of hydrogen-bond acceptors (Lipinski definition) is 7. The minimum absolute atomic E-state index is 0.0135. The minimum Gasteiger partial charge on any atom is -0.490 e. The van der Waals surface area contributed by atoms with Crippen LogP contribution in [0.2, 0.25) is 0 Å². The van der Waals surface area contributed by atoms with Gasteiger partial charge < -0.3 is 20.3 Å². The van der Waals surface area contributed by atoms with E-state index in [0.29, 0.717) is 40.8 Å². The zero-order valence-electron chi connectivity index (χ0n) is 22.4. The fraction of sp³-hybridized carbons (Fsp3) is 0.250. The molecule has 1 fully saturated rings. The highest BCUT2D eigenvalue weighted by atomic mass is 19.1. The Labute approximate surface area is 235 Å². The Hall–Kier alpha value is -4.63. The van der Waals surface area contributed by atoms with Crippen LogP contribution in [0.5, 0.6) is 17.2 Å². The van der Waals surface area contributed by atoms with Gasteiger partial charge >= 0.3 is 0 Å². The van der Waals surface area contributed by atoms with Crippen molar-refractivity contribution in [3.05, 3.63) is 95.4 Å². The SMILES string of the molecule is CC(O)COc1cc2nccc(Oc3ccc(CC(=O)C4(C(=O)Cc5ccc(F)cc5)CC4)cc3)c2cc1C(N)=O. The number of amides is 1. The van der Waals surface area contributed by atoms with Crippen LogP contribution in [0.1, 0.15) is 41.3 Å². The number of ketones is 2. The van der Waals surface area contributed by atoms with Crippen molar-refractivity contribution < 1.29 is 33.4 Å². The van der Waals surface area contributed by atoms with Gasteiger partial charge in [-0.15, -0.1) is 0 Å². The Morgan fingerprint density at radius 3 is 2.12 bits per heavy atom. The van der Waals surface area contributed by atoms with Crippen molar-refractivity contribution in [2.45, 2.75) is 38.7 Å². The number of Topliss-reactive ketones (excluding diaryl/α,β-unsaturated/α-hetero) is 2. The van der Waals surface area contributed by atoms with Crippen LogP contribution in [0.25, 0.3) is 10.9 Å². The molecular formula is C32H29FN2O6. The molecule has 1 amide bonds. The molecule has 1 atom stereocenters. The van der Waals surface area contributed by atoms with Crippen LogP contribution >= 0.6 is 0 Å². The molecule has 1 heterocycles. The van der Waals surface area contributed by atoms with Crippen molar-refractivity contribution in [3.8, 4) is 17.2 Å². The molecule has 41 heavy (non-hydrogen) atoms. The Bertz CT molecular complexity index is 1610. The maximum Gasteiger partial charge on any atom is 0.252 e. The number of halogens is 1. The van der Waals surface area contributed by atoms with E-state index >= 15 is 0 Å². The number of carbonyl (C=O) groups excluding carboxylic acids is 3. The second-order valence-corrected chi connectivity index (χ2v) is 10.4. The Morgan fingerprint density at radius 1 is 0.951 bits per heavy atom. The van der Waals surface area contributed by atoms with Crippen molar-refractivity contribution in [1.29, 1.82) is 0 Å². The van der Waals surface area contributed by atoms with Crippen LogP contribution in [0, 0.1) is 11.2 Å². The summed E-state index contributed by atoms with van der Waals surface area (Å²) in [6.45, 7) is 1.55. The monoisotopic (exact) mass is 556 g/mol. The number of nitrogens with zero attached hydrogens (tertiary/aromatic N) is 1. The number of aliphatic hydroxyl groups is 1. The van der Waals surface area contributed by atoms with E-state index in [1.165, 1.54) is 12.1 Å². The van der Waals surface area contributed by atoms with Gasteiger partial charge in [0.15, 0.2) is 11.6 Å². The minimum atomic E-state index is -0.963. The van der Waals surface area contributed by atoms with Gasteiger partial charge in [0.25, 0.3) is 5.91 Å². The molecule has 0 bridgehead atoms. The highest BCUT2D eigenvalue weighted by molar-refractivity contribution is 6.11. The number of hydrogen-bond donors (Lipinski definition) is 2. The van der Waals surface area contributed by atoms with E-state index < -0.39 is 17.4 Å². The number of benzene rings is 3. The van der Waals surface area contributed by atoms with Gasteiger partial charge in [-0.25, -0.2) is 4.39 Å². The first-order chi connectivity index (χ1) is 19.6. The van der Waals surface area contributed by atoms with Crippen LogP contribution < -0.4 is 15.2 Å². The summed E-state index contributed by atoms with van der Waals surface area (Å²) < 4.78 is 24.8. The normalized spacial score (nSPS) is 14.3. The van der Waals surface area contributed by atoms with Gasteiger partial charge in [0.1, 0.15) is 29.7 Å². The maximum atomic E-state index is 13.2. The zero-order chi connectivity index (χ0) is 29.1. The van der Waals surface area contributed by atoms with Gasteiger partial charge in [0.05, 0.1) is 22.6 Å². The molecule has 1 saturated carbocycles. The highest BCUT2D eigenvalue weighted by Gasteiger charge is 2.54. The summed E-state index contributed by atoms with van der Waals surface area (Å²) in [5.41, 5.74) is 6.68. The van der Waals surface area contributed by atoms with Crippen LogP contribution in [0.15, 0.2) is 72.9 Å². The number of ether oxygens (including phenoxy) is 2. The van der Waals surface area contributed by atoms with Crippen molar-refractivity contribution in [2.75, 3.05) is 6.61 Å². The quantitative estimate of drug-likeness (QED) is 0.242. The number of fused-ring (bicyclic) bond motifs is 1. The summed E-state index contributed by atoms with van der Waals surface area (Å²) >= 11 is 0.